The summed E-state index contributed by atoms with van der Waals surface area (Å²) < 4.78 is 11.0. The highest BCUT2D eigenvalue weighted by Gasteiger charge is 2.22. The minimum atomic E-state index is -0.716. The van der Waals surface area contributed by atoms with E-state index in [-0.39, 0.29) is 6.04 Å². The Morgan fingerprint density at radius 2 is 1.84 bits per heavy atom. The SMILES string of the molecule is CN1CCCc2cc(C(CNC(=O)C(=O)Nc3ccc4c(c3)OCCO4)N(C)C)ccc21. The number of nitrogens with zero attached hydrogens (tertiary/aromatic N) is 2. The van der Waals surface area contributed by atoms with Crippen LogP contribution in [0, 0.1) is 0 Å². The summed E-state index contributed by atoms with van der Waals surface area (Å²) in [7, 11) is 6.05. The summed E-state index contributed by atoms with van der Waals surface area (Å²) >= 11 is 0. The van der Waals surface area contributed by atoms with Gasteiger partial charge in [0.1, 0.15) is 13.2 Å². The van der Waals surface area contributed by atoms with Crippen LogP contribution >= 0.6 is 0 Å². The molecule has 2 aliphatic rings. The van der Waals surface area contributed by atoms with Crippen LogP contribution < -0.4 is 25.0 Å². The molecule has 32 heavy (non-hydrogen) atoms. The average Bonchev–Trinajstić information content (AvgIpc) is 2.79. The maximum absolute atomic E-state index is 12.5. The Morgan fingerprint density at radius 3 is 2.62 bits per heavy atom. The highest BCUT2D eigenvalue weighted by atomic mass is 16.6. The summed E-state index contributed by atoms with van der Waals surface area (Å²) in [6.07, 6.45) is 2.19. The predicted molar refractivity (Wildman–Crippen MR) is 124 cm³/mol. The summed E-state index contributed by atoms with van der Waals surface area (Å²) in [4.78, 5) is 29.2. The lowest BCUT2D eigenvalue weighted by molar-refractivity contribution is -0.136. The van der Waals surface area contributed by atoms with Gasteiger partial charge in [-0.3, -0.25) is 9.59 Å². The second-order valence-electron chi connectivity index (χ2n) is 8.42. The fourth-order valence-electron chi connectivity index (χ4n) is 4.19. The summed E-state index contributed by atoms with van der Waals surface area (Å²) in [5.41, 5.74) is 4.19. The lowest BCUT2D eigenvalue weighted by Gasteiger charge is -2.30. The molecule has 0 aromatic heterocycles. The molecule has 4 rings (SSSR count). The second kappa shape index (κ2) is 9.48. The van der Waals surface area contributed by atoms with Crippen molar-refractivity contribution in [2.24, 2.45) is 0 Å². The van der Waals surface area contributed by atoms with E-state index in [1.807, 2.05) is 19.0 Å². The van der Waals surface area contributed by atoms with Gasteiger partial charge in [-0.05, 0) is 56.3 Å². The number of aryl methyl sites for hydroxylation is 1. The molecule has 1 atom stereocenters. The van der Waals surface area contributed by atoms with Crippen LogP contribution in [0.4, 0.5) is 11.4 Å². The van der Waals surface area contributed by atoms with E-state index in [9.17, 15) is 9.59 Å². The lowest BCUT2D eigenvalue weighted by Crippen LogP contribution is -2.40. The van der Waals surface area contributed by atoms with Gasteiger partial charge in [-0.2, -0.15) is 0 Å². The molecule has 2 aromatic rings. The van der Waals surface area contributed by atoms with E-state index < -0.39 is 11.8 Å². The maximum atomic E-state index is 12.5. The number of ether oxygens (including phenoxy) is 2. The Bertz CT molecular complexity index is 1010. The van der Waals surface area contributed by atoms with Crippen molar-refractivity contribution in [3.05, 3.63) is 47.5 Å². The van der Waals surface area contributed by atoms with Gasteiger partial charge in [-0.25, -0.2) is 0 Å². The topological polar surface area (TPSA) is 83.1 Å². The number of nitrogens with one attached hydrogen (secondary N) is 2. The molecule has 0 spiro atoms. The molecule has 8 nitrogen and oxygen atoms in total. The zero-order valence-corrected chi connectivity index (χ0v) is 18.8. The van der Waals surface area contributed by atoms with Crippen molar-refractivity contribution in [2.45, 2.75) is 18.9 Å². The molecule has 2 aromatic carbocycles. The molecule has 0 aliphatic carbocycles. The second-order valence-corrected chi connectivity index (χ2v) is 8.42. The van der Waals surface area contributed by atoms with Crippen LogP contribution in [0.1, 0.15) is 23.6 Å². The van der Waals surface area contributed by atoms with Crippen molar-refractivity contribution in [1.29, 1.82) is 0 Å². The van der Waals surface area contributed by atoms with Crippen LogP contribution in [0.5, 0.6) is 11.5 Å². The standard InChI is InChI=1S/C24H30N4O4/c1-27(2)20(17-6-8-19-16(13-17)5-4-10-28(19)3)15-25-23(29)24(30)26-18-7-9-21-22(14-18)32-12-11-31-21/h6-9,13-14,20H,4-5,10-12,15H2,1-3H3,(H,25,29)(H,26,30). The maximum Gasteiger partial charge on any atom is 0.313 e. The van der Waals surface area contributed by atoms with Crippen molar-refractivity contribution in [3.8, 4) is 11.5 Å². The zero-order chi connectivity index (χ0) is 22.7. The number of benzene rings is 2. The van der Waals surface area contributed by atoms with Crippen LogP contribution in [0.3, 0.4) is 0 Å². The van der Waals surface area contributed by atoms with Crippen molar-refractivity contribution >= 4 is 23.2 Å². The fourth-order valence-corrected chi connectivity index (χ4v) is 4.19. The molecule has 2 heterocycles. The molecule has 0 bridgehead atoms. The van der Waals surface area contributed by atoms with Crippen molar-refractivity contribution in [2.75, 3.05) is 57.7 Å². The largest absolute Gasteiger partial charge is 0.486 e. The van der Waals surface area contributed by atoms with Gasteiger partial charge >= 0.3 is 11.8 Å². The number of hydrogen-bond donors (Lipinski definition) is 2. The van der Waals surface area contributed by atoms with Gasteiger partial charge in [0.2, 0.25) is 0 Å². The molecule has 0 saturated heterocycles. The van der Waals surface area contributed by atoms with E-state index in [1.165, 1.54) is 11.3 Å². The predicted octanol–water partition coefficient (Wildman–Crippen LogP) is 2.20. The van der Waals surface area contributed by atoms with Gasteiger partial charge in [-0.1, -0.05) is 12.1 Å². The normalized spacial score (nSPS) is 15.7. The molecule has 2 amide bonds. The molecular weight excluding hydrogens is 408 g/mol. The third kappa shape index (κ3) is 4.80. The number of amides is 2. The van der Waals surface area contributed by atoms with Gasteiger partial charge in [0, 0.05) is 37.6 Å². The Hall–Kier alpha value is -3.26. The summed E-state index contributed by atoms with van der Waals surface area (Å²) in [6, 6.07) is 11.5. The molecule has 0 fully saturated rings. The van der Waals surface area contributed by atoms with E-state index in [1.54, 1.807) is 18.2 Å². The highest BCUT2D eigenvalue weighted by molar-refractivity contribution is 6.39. The molecule has 2 aliphatic heterocycles. The Kier molecular flexibility index (Phi) is 6.50. The third-order valence-electron chi connectivity index (χ3n) is 5.92. The summed E-state index contributed by atoms with van der Waals surface area (Å²) in [5, 5.41) is 5.40. The quantitative estimate of drug-likeness (QED) is 0.697. The molecule has 170 valence electrons. The molecule has 2 N–H and O–H groups in total. The van der Waals surface area contributed by atoms with Crippen molar-refractivity contribution < 1.29 is 19.1 Å². The summed E-state index contributed by atoms with van der Waals surface area (Å²) in [6.45, 7) is 2.35. The van der Waals surface area contributed by atoms with Crippen molar-refractivity contribution in [1.82, 2.24) is 10.2 Å². The first-order chi connectivity index (χ1) is 15.4. The molecule has 0 radical (unpaired) electrons. The Morgan fingerprint density at radius 1 is 1.06 bits per heavy atom. The monoisotopic (exact) mass is 438 g/mol. The average molecular weight is 439 g/mol. The van der Waals surface area contributed by atoms with Crippen LogP contribution in [0.2, 0.25) is 0 Å². The van der Waals surface area contributed by atoms with Gasteiger partial charge in [0.15, 0.2) is 11.5 Å². The first-order valence-corrected chi connectivity index (χ1v) is 10.9. The molecule has 1 unspecified atom stereocenters. The van der Waals surface area contributed by atoms with E-state index >= 15 is 0 Å². The van der Waals surface area contributed by atoms with Crippen LogP contribution in [0.15, 0.2) is 36.4 Å². The van der Waals surface area contributed by atoms with Crippen molar-refractivity contribution in [3.63, 3.8) is 0 Å². The fraction of sp³-hybridized carbons (Fsp3) is 0.417. The number of hydrogen-bond acceptors (Lipinski definition) is 6. The Balaban J connectivity index is 1.38. The number of fused-ring (bicyclic) bond motifs is 2. The van der Waals surface area contributed by atoms with Gasteiger partial charge in [0.25, 0.3) is 0 Å². The number of carbonyl (C=O) groups excluding carboxylic acids is 2. The van der Waals surface area contributed by atoms with Crippen LogP contribution in [-0.4, -0.2) is 64.2 Å². The van der Waals surface area contributed by atoms with E-state index in [0.717, 1.165) is 24.9 Å². The molecule has 8 heteroatoms. The van der Waals surface area contributed by atoms with Gasteiger partial charge in [-0.15, -0.1) is 0 Å². The number of likely N-dealkylation sites (N-methyl/N-ethyl adjacent to an activating group) is 1. The smallest absolute Gasteiger partial charge is 0.313 e. The zero-order valence-electron chi connectivity index (χ0n) is 18.8. The number of rotatable bonds is 5. The lowest BCUT2D eigenvalue weighted by atomic mass is 9.96. The first-order valence-electron chi connectivity index (χ1n) is 10.9. The van der Waals surface area contributed by atoms with Gasteiger partial charge < -0.3 is 29.9 Å². The molecular formula is C24H30N4O4. The first kappa shape index (κ1) is 22.0. The van der Waals surface area contributed by atoms with Gasteiger partial charge in [0.05, 0.1) is 6.04 Å². The minimum absolute atomic E-state index is 0.0430. The van der Waals surface area contributed by atoms with E-state index in [2.05, 4.69) is 40.8 Å². The number of anilines is 2. The third-order valence-corrected chi connectivity index (χ3v) is 5.92. The van der Waals surface area contributed by atoms with Crippen LogP contribution in [-0.2, 0) is 16.0 Å². The molecule has 0 saturated carbocycles. The number of carbonyl (C=O) groups is 2. The van der Waals surface area contributed by atoms with Crippen LogP contribution in [0.25, 0.3) is 0 Å². The Labute approximate surface area is 188 Å². The van der Waals surface area contributed by atoms with E-state index in [4.69, 9.17) is 9.47 Å². The minimum Gasteiger partial charge on any atom is -0.486 e. The highest BCUT2D eigenvalue weighted by Crippen LogP contribution is 2.33. The summed E-state index contributed by atoms with van der Waals surface area (Å²) in [5.74, 6) is -0.209. The van der Waals surface area contributed by atoms with E-state index in [0.29, 0.717) is 36.9 Å².